The SMILES string of the molecule is C[C@H]1N(C)C=CN1c1ccc2c(c1)Oc1ccccc1C2(C)C. The summed E-state index contributed by atoms with van der Waals surface area (Å²) in [5.74, 6) is 1.92. The number of ether oxygens (including phenoxy) is 1. The van der Waals surface area contributed by atoms with E-state index in [4.69, 9.17) is 4.74 Å². The molecule has 23 heavy (non-hydrogen) atoms. The van der Waals surface area contributed by atoms with Gasteiger partial charge in [-0.25, -0.2) is 0 Å². The lowest BCUT2D eigenvalue weighted by Crippen LogP contribution is -2.33. The molecule has 3 heteroatoms. The number of hydrogen-bond acceptors (Lipinski definition) is 3. The molecule has 4 rings (SSSR count). The van der Waals surface area contributed by atoms with Crippen molar-refractivity contribution in [3.63, 3.8) is 0 Å². The quantitative estimate of drug-likeness (QED) is 0.760. The summed E-state index contributed by atoms with van der Waals surface area (Å²) in [5, 5.41) is 0. The van der Waals surface area contributed by atoms with Crippen LogP contribution in [0.3, 0.4) is 0 Å². The molecule has 0 saturated carbocycles. The van der Waals surface area contributed by atoms with Crippen molar-refractivity contribution in [2.24, 2.45) is 0 Å². The number of nitrogens with zero attached hydrogens (tertiary/aromatic N) is 2. The lowest BCUT2D eigenvalue weighted by molar-refractivity contribution is 0.382. The number of para-hydroxylation sites is 1. The summed E-state index contributed by atoms with van der Waals surface area (Å²) < 4.78 is 6.21. The van der Waals surface area contributed by atoms with Crippen molar-refractivity contribution in [1.29, 1.82) is 0 Å². The summed E-state index contributed by atoms with van der Waals surface area (Å²) >= 11 is 0. The number of fused-ring (bicyclic) bond motifs is 2. The van der Waals surface area contributed by atoms with Gasteiger partial charge in [0.1, 0.15) is 17.7 Å². The first-order valence-electron chi connectivity index (χ1n) is 8.09. The third kappa shape index (κ3) is 2.03. The molecule has 0 unspecified atom stereocenters. The Morgan fingerprint density at radius 1 is 0.957 bits per heavy atom. The van der Waals surface area contributed by atoms with Crippen LogP contribution in [-0.4, -0.2) is 18.1 Å². The third-order valence-electron chi connectivity index (χ3n) is 5.17. The van der Waals surface area contributed by atoms with E-state index < -0.39 is 0 Å². The summed E-state index contributed by atoms with van der Waals surface area (Å²) in [6.07, 6.45) is 4.54. The number of rotatable bonds is 1. The first kappa shape index (κ1) is 14.2. The van der Waals surface area contributed by atoms with Crippen molar-refractivity contribution in [2.75, 3.05) is 11.9 Å². The van der Waals surface area contributed by atoms with Gasteiger partial charge < -0.3 is 14.5 Å². The number of anilines is 1. The molecule has 0 N–H and O–H groups in total. The summed E-state index contributed by atoms with van der Waals surface area (Å²) in [6, 6.07) is 14.9. The van der Waals surface area contributed by atoms with Crippen LogP contribution in [-0.2, 0) is 5.41 Å². The Kier molecular flexibility index (Phi) is 2.95. The second-order valence-electron chi connectivity index (χ2n) is 6.91. The fraction of sp³-hybridized carbons (Fsp3) is 0.300. The monoisotopic (exact) mass is 306 g/mol. The topological polar surface area (TPSA) is 15.7 Å². The van der Waals surface area contributed by atoms with Gasteiger partial charge in [0.05, 0.1) is 0 Å². The fourth-order valence-corrected chi connectivity index (χ4v) is 3.53. The highest BCUT2D eigenvalue weighted by Gasteiger charge is 2.34. The van der Waals surface area contributed by atoms with Crippen LogP contribution in [0.5, 0.6) is 11.5 Å². The Hall–Kier alpha value is -2.42. The van der Waals surface area contributed by atoms with Crippen molar-refractivity contribution >= 4 is 5.69 Å². The van der Waals surface area contributed by atoms with Gasteiger partial charge in [0.25, 0.3) is 0 Å². The van der Waals surface area contributed by atoms with Crippen LogP contribution in [0.4, 0.5) is 5.69 Å². The molecular weight excluding hydrogens is 284 g/mol. The predicted molar refractivity (Wildman–Crippen MR) is 93.9 cm³/mol. The minimum absolute atomic E-state index is 0.0496. The van der Waals surface area contributed by atoms with Gasteiger partial charge in [-0.05, 0) is 19.1 Å². The van der Waals surface area contributed by atoms with Crippen LogP contribution in [0.25, 0.3) is 0 Å². The first-order valence-corrected chi connectivity index (χ1v) is 8.09. The standard InChI is InChI=1S/C20H22N2O/c1-14-21(4)11-12-22(14)15-9-10-17-19(13-15)23-18-8-6-5-7-16(18)20(17,2)3/h5-14H,1-4H3/t14-/m0/s1. The lowest BCUT2D eigenvalue weighted by Gasteiger charge is -2.35. The van der Waals surface area contributed by atoms with Gasteiger partial charge in [-0.3, -0.25) is 0 Å². The molecule has 0 fully saturated rings. The molecule has 3 nitrogen and oxygen atoms in total. The van der Waals surface area contributed by atoms with Gasteiger partial charge >= 0.3 is 0 Å². The second kappa shape index (κ2) is 4.79. The summed E-state index contributed by atoms with van der Waals surface area (Å²) in [5.41, 5.74) is 3.59. The molecular formula is C20H22N2O. The van der Waals surface area contributed by atoms with E-state index in [9.17, 15) is 0 Å². The molecule has 2 aliphatic heterocycles. The van der Waals surface area contributed by atoms with Crippen LogP contribution < -0.4 is 9.64 Å². The van der Waals surface area contributed by atoms with Gasteiger partial charge in [-0.2, -0.15) is 0 Å². The molecule has 0 spiro atoms. The van der Waals surface area contributed by atoms with Crippen LogP contribution in [0.1, 0.15) is 31.9 Å². The molecule has 2 aliphatic rings. The summed E-state index contributed by atoms with van der Waals surface area (Å²) in [4.78, 5) is 4.46. The highest BCUT2D eigenvalue weighted by molar-refractivity contribution is 5.63. The smallest absolute Gasteiger partial charge is 0.133 e. The van der Waals surface area contributed by atoms with E-state index in [0.29, 0.717) is 6.17 Å². The minimum atomic E-state index is -0.0496. The van der Waals surface area contributed by atoms with Crippen molar-refractivity contribution in [1.82, 2.24) is 4.90 Å². The molecule has 2 heterocycles. The second-order valence-corrected chi connectivity index (χ2v) is 6.91. The molecule has 0 radical (unpaired) electrons. The highest BCUT2D eigenvalue weighted by Crippen LogP contribution is 2.48. The summed E-state index contributed by atoms with van der Waals surface area (Å²) in [7, 11) is 2.09. The first-order chi connectivity index (χ1) is 11.0. The van der Waals surface area contributed by atoms with E-state index in [0.717, 1.165) is 17.2 Å². The summed E-state index contributed by atoms with van der Waals surface area (Å²) in [6.45, 7) is 6.72. The zero-order chi connectivity index (χ0) is 16.2. The maximum absolute atomic E-state index is 6.21. The molecule has 2 aromatic rings. The fourth-order valence-electron chi connectivity index (χ4n) is 3.53. The van der Waals surface area contributed by atoms with Crippen molar-refractivity contribution in [2.45, 2.75) is 32.4 Å². The lowest BCUT2D eigenvalue weighted by atomic mass is 9.76. The van der Waals surface area contributed by atoms with E-state index in [1.807, 2.05) is 6.07 Å². The van der Waals surface area contributed by atoms with Gasteiger partial charge in [-0.1, -0.05) is 38.1 Å². The van der Waals surface area contributed by atoms with Gasteiger partial charge in [0.15, 0.2) is 0 Å². The van der Waals surface area contributed by atoms with E-state index >= 15 is 0 Å². The third-order valence-corrected chi connectivity index (χ3v) is 5.17. The zero-order valence-corrected chi connectivity index (χ0v) is 14.1. The van der Waals surface area contributed by atoms with E-state index in [2.05, 4.69) is 86.4 Å². The molecule has 0 amide bonds. The molecule has 0 saturated heterocycles. The Balaban J connectivity index is 1.79. The predicted octanol–water partition coefficient (Wildman–Crippen LogP) is 4.69. The molecule has 0 bridgehead atoms. The van der Waals surface area contributed by atoms with E-state index in [1.54, 1.807) is 0 Å². The molecule has 0 aromatic heterocycles. The Morgan fingerprint density at radius 2 is 1.70 bits per heavy atom. The van der Waals surface area contributed by atoms with Crippen molar-refractivity contribution < 1.29 is 4.74 Å². The van der Waals surface area contributed by atoms with Crippen LogP contribution in [0.2, 0.25) is 0 Å². The minimum Gasteiger partial charge on any atom is -0.457 e. The molecule has 1 atom stereocenters. The van der Waals surface area contributed by atoms with Crippen molar-refractivity contribution in [3.8, 4) is 11.5 Å². The Labute approximate surface area is 137 Å². The normalized spacial score (nSPS) is 21.0. The van der Waals surface area contributed by atoms with Gasteiger partial charge in [-0.15, -0.1) is 0 Å². The van der Waals surface area contributed by atoms with Gasteiger partial charge in [0.2, 0.25) is 0 Å². The van der Waals surface area contributed by atoms with E-state index in [-0.39, 0.29) is 5.41 Å². The highest BCUT2D eigenvalue weighted by atomic mass is 16.5. The maximum atomic E-state index is 6.21. The Bertz CT molecular complexity index is 794. The zero-order valence-electron chi connectivity index (χ0n) is 14.1. The van der Waals surface area contributed by atoms with Crippen molar-refractivity contribution in [3.05, 3.63) is 66.0 Å². The molecule has 2 aromatic carbocycles. The van der Waals surface area contributed by atoms with Crippen LogP contribution in [0, 0.1) is 0 Å². The number of hydrogen-bond donors (Lipinski definition) is 0. The van der Waals surface area contributed by atoms with E-state index in [1.165, 1.54) is 11.1 Å². The molecule has 0 aliphatic carbocycles. The van der Waals surface area contributed by atoms with Gasteiger partial charge in [0, 0.05) is 47.7 Å². The largest absolute Gasteiger partial charge is 0.457 e. The average molecular weight is 306 g/mol. The average Bonchev–Trinajstić information content (AvgIpc) is 2.87. The Morgan fingerprint density at radius 3 is 2.43 bits per heavy atom. The maximum Gasteiger partial charge on any atom is 0.133 e. The molecule has 118 valence electrons. The van der Waals surface area contributed by atoms with Crippen LogP contribution in [0.15, 0.2) is 54.9 Å². The van der Waals surface area contributed by atoms with Crippen LogP contribution >= 0.6 is 0 Å². The number of benzene rings is 2.